The molecule has 37 heavy (non-hydrogen) atoms. The lowest BCUT2D eigenvalue weighted by Crippen LogP contribution is -2.26. The average molecular weight is 530 g/mol. The Balaban J connectivity index is 1.39. The number of fused-ring (bicyclic) bond motifs is 1. The standard InChI is InChI=1S/C25H29ClFN7O3/c1-2-28-23-8-22-20(11-29-23)24(15-9-31-33(12-15)13-18(36)14-35)32-34(22)17-3-5-19(6-4-17)37-25-21(27)7-16(26)10-30-25/h7-12,17-19,35-36H,2-6,13-14H2,1H3,(H,28,29)/t17?,18-,19?/m1/s1. The Morgan fingerprint density at radius 3 is 2.73 bits per heavy atom. The maximum Gasteiger partial charge on any atom is 0.250 e. The summed E-state index contributed by atoms with van der Waals surface area (Å²) in [5.41, 5.74) is 2.51. The van der Waals surface area contributed by atoms with Gasteiger partial charge in [0.25, 0.3) is 5.88 Å². The van der Waals surface area contributed by atoms with Gasteiger partial charge in [0.2, 0.25) is 0 Å². The van der Waals surface area contributed by atoms with Crippen LogP contribution in [0.2, 0.25) is 5.02 Å². The molecule has 0 spiro atoms. The normalized spacial score (nSPS) is 18.7. The minimum absolute atomic E-state index is 0.0237. The molecule has 4 aromatic rings. The third kappa shape index (κ3) is 5.53. The zero-order valence-corrected chi connectivity index (χ0v) is 21.1. The smallest absolute Gasteiger partial charge is 0.250 e. The van der Waals surface area contributed by atoms with Crippen molar-refractivity contribution in [3.8, 4) is 17.1 Å². The summed E-state index contributed by atoms with van der Waals surface area (Å²) in [6.45, 7) is 2.61. The lowest BCUT2D eigenvalue weighted by atomic mass is 9.93. The van der Waals surface area contributed by atoms with Crippen molar-refractivity contribution in [3.05, 3.63) is 47.8 Å². The predicted molar refractivity (Wildman–Crippen MR) is 137 cm³/mol. The number of pyridine rings is 2. The van der Waals surface area contributed by atoms with Crippen LogP contribution in [0.3, 0.4) is 0 Å². The number of ether oxygens (including phenoxy) is 1. The summed E-state index contributed by atoms with van der Waals surface area (Å²) in [5, 5.41) is 32.6. The van der Waals surface area contributed by atoms with Crippen LogP contribution >= 0.6 is 11.6 Å². The van der Waals surface area contributed by atoms with Gasteiger partial charge in [0.15, 0.2) is 5.82 Å². The predicted octanol–water partition coefficient (Wildman–Crippen LogP) is 3.83. The van der Waals surface area contributed by atoms with E-state index in [4.69, 9.17) is 26.5 Å². The molecule has 4 aromatic heterocycles. The number of anilines is 1. The van der Waals surface area contributed by atoms with Crippen molar-refractivity contribution in [1.29, 1.82) is 0 Å². The van der Waals surface area contributed by atoms with Gasteiger partial charge in [-0.15, -0.1) is 0 Å². The molecular formula is C25H29ClFN7O3. The monoisotopic (exact) mass is 529 g/mol. The van der Waals surface area contributed by atoms with Crippen molar-refractivity contribution < 1.29 is 19.3 Å². The molecule has 196 valence electrons. The van der Waals surface area contributed by atoms with E-state index in [0.717, 1.165) is 60.2 Å². The Kier molecular flexibility index (Phi) is 7.54. The fraction of sp³-hybridized carbons (Fsp3) is 0.440. The summed E-state index contributed by atoms with van der Waals surface area (Å²) >= 11 is 5.80. The lowest BCUT2D eigenvalue weighted by molar-refractivity contribution is 0.0783. The largest absolute Gasteiger partial charge is 0.472 e. The second-order valence-corrected chi connectivity index (χ2v) is 9.62. The third-order valence-electron chi connectivity index (χ3n) is 6.51. The second-order valence-electron chi connectivity index (χ2n) is 9.19. The van der Waals surface area contributed by atoms with Gasteiger partial charge in [-0.2, -0.15) is 10.2 Å². The number of rotatable bonds is 9. The molecule has 1 fully saturated rings. The van der Waals surface area contributed by atoms with E-state index in [0.29, 0.717) is 0 Å². The highest BCUT2D eigenvalue weighted by atomic mass is 35.5. The molecule has 1 aliphatic carbocycles. The molecular weight excluding hydrogens is 501 g/mol. The van der Waals surface area contributed by atoms with Crippen LogP contribution in [0.1, 0.15) is 38.6 Å². The summed E-state index contributed by atoms with van der Waals surface area (Å²) in [6, 6.07) is 3.34. The van der Waals surface area contributed by atoms with Crippen molar-refractivity contribution in [3.63, 3.8) is 0 Å². The van der Waals surface area contributed by atoms with Crippen molar-refractivity contribution in [2.45, 2.75) is 57.4 Å². The fourth-order valence-electron chi connectivity index (χ4n) is 4.72. The molecule has 1 aliphatic rings. The number of aliphatic hydroxyl groups is 2. The van der Waals surface area contributed by atoms with Crippen LogP contribution in [-0.4, -0.2) is 65.1 Å². The first-order valence-electron chi connectivity index (χ1n) is 12.4. The van der Waals surface area contributed by atoms with Crippen molar-refractivity contribution in [2.24, 2.45) is 0 Å². The highest BCUT2D eigenvalue weighted by molar-refractivity contribution is 6.30. The molecule has 0 bridgehead atoms. The van der Waals surface area contributed by atoms with Crippen LogP contribution in [0.15, 0.2) is 36.9 Å². The van der Waals surface area contributed by atoms with Gasteiger partial charge >= 0.3 is 0 Å². The van der Waals surface area contributed by atoms with Gasteiger partial charge in [0.1, 0.15) is 17.6 Å². The third-order valence-corrected chi connectivity index (χ3v) is 6.71. The van der Waals surface area contributed by atoms with E-state index in [2.05, 4.69) is 20.4 Å². The average Bonchev–Trinajstić information content (AvgIpc) is 3.50. The zero-order chi connectivity index (χ0) is 25.9. The van der Waals surface area contributed by atoms with Crippen LogP contribution in [-0.2, 0) is 6.54 Å². The molecule has 0 unspecified atom stereocenters. The fourth-order valence-corrected chi connectivity index (χ4v) is 4.86. The van der Waals surface area contributed by atoms with Crippen molar-refractivity contribution >= 4 is 28.3 Å². The Bertz CT molecular complexity index is 1370. The van der Waals surface area contributed by atoms with Gasteiger partial charge in [0.05, 0.1) is 42.0 Å². The summed E-state index contributed by atoms with van der Waals surface area (Å²) in [5.74, 6) is 0.183. The number of aliphatic hydroxyl groups excluding tert-OH is 2. The molecule has 0 amide bonds. The highest BCUT2D eigenvalue weighted by Gasteiger charge is 2.28. The van der Waals surface area contributed by atoms with Crippen molar-refractivity contribution in [1.82, 2.24) is 29.5 Å². The van der Waals surface area contributed by atoms with Gasteiger partial charge in [-0.1, -0.05) is 11.6 Å². The number of hydrogen-bond acceptors (Lipinski definition) is 8. The minimum atomic E-state index is -0.889. The summed E-state index contributed by atoms with van der Waals surface area (Å²) < 4.78 is 23.6. The first-order chi connectivity index (χ1) is 17.9. The molecule has 3 N–H and O–H groups in total. The zero-order valence-electron chi connectivity index (χ0n) is 20.4. The van der Waals surface area contributed by atoms with E-state index in [1.165, 1.54) is 12.3 Å². The number of hydrogen-bond donors (Lipinski definition) is 3. The Morgan fingerprint density at radius 2 is 2.00 bits per heavy atom. The molecule has 1 atom stereocenters. The first kappa shape index (κ1) is 25.4. The summed E-state index contributed by atoms with van der Waals surface area (Å²) in [7, 11) is 0. The highest BCUT2D eigenvalue weighted by Crippen LogP contribution is 2.36. The molecule has 0 saturated heterocycles. The molecule has 0 radical (unpaired) electrons. The van der Waals surface area contributed by atoms with E-state index in [1.54, 1.807) is 10.9 Å². The maximum atomic E-state index is 14.1. The van der Waals surface area contributed by atoms with Gasteiger partial charge in [-0.3, -0.25) is 9.36 Å². The van der Waals surface area contributed by atoms with Crippen LogP contribution in [0.5, 0.6) is 5.88 Å². The second kappa shape index (κ2) is 11.0. The first-order valence-corrected chi connectivity index (χ1v) is 12.7. The molecule has 4 heterocycles. The van der Waals surface area contributed by atoms with Crippen LogP contribution < -0.4 is 10.1 Å². The summed E-state index contributed by atoms with van der Waals surface area (Å²) in [4.78, 5) is 8.53. The van der Waals surface area contributed by atoms with Gasteiger partial charge < -0.3 is 20.3 Å². The lowest BCUT2D eigenvalue weighted by Gasteiger charge is -2.29. The molecule has 5 rings (SSSR count). The number of nitrogens with zero attached hydrogens (tertiary/aromatic N) is 6. The molecule has 12 heteroatoms. The Hall–Kier alpha value is -3.28. The molecule has 0 aliphatic heterocycles. The quantitative estimate of drug-likeness (QED) is 0.299. The van der Waals surface area contributed by atoms with E-state index >= 15 is 0 Å². The number of nitrogens with one attached hydrogen (secondary N) is 1. The van der Waals surface area contributed by atoms with Crippen LogP contribution in [0.4, 0.5) is 10.2 Å². The molecule has 10 nitrogen and oxygen atoms in total. The van der Waals surface area contributed by atoms with E-state index in [1.807, 2.05) is 30.1 Å². The van der Waals surface area contributed by atoms with E-state index in [-0.39, 0.29) is 36.2 Å². The number of halogens is 2. The Morgan fingerprint density at radius 1 is 1.19 bits per heavy atom. The van der Waals surface area contributed by atoms with Crippen LogP contribution in [0.25, 0.3) is 22.2 Å². The minimum Gasteiger partial charge on any atom is -0.472 e. The molecule has 0 aromatic carbocycles. The van der Waals surface area contributed by atoms with Gasteiger partial charge in [-0.05, 0) is 38.7 Å². The topological polar surface area (TPSA) is 123 Å². The molecule has 1 saturated carbocycles. The SMILES string of the molecule is CCNc1cc2c(cn1)c(-c1cnn(C[C@@H](O)CO)c1)nn2C1CCC(Oc2ncc(Cl)cc2F)CC1. The number of aromatic nitrogens is 6. The van der Waals surface area contributed by atoms with Gasteiger partial charge in [-0.25, -0.2) is 14.4 Å². The van der Waals surface area contributed by atoms with Crippen LogP contribution in [0, 0.1) is 5.82 Å². The maximum absolute atomic E-state index is 14.1. The van der Waals surface area contributed by atoms with E-state index in [9.17, 15) is 9.50 Å². The summed E-state index contributed by atoms with van der Waals surface area (Å²) in [6.07, 6.45) is 8.74. The van der Waals surface area contributed by atoms with Crippen molar-refractivity contribution in [2.75, 3.05) is 18.5 Å². The van der Waals surface area contributed by atoms with Gasteiger partial charge in [0, 0.05) is 42.2 Å². The van der Waals surface area contributed by atoms with E-state index < -0.39 is 11.9 Å². The Labute approximate surface area is 218 Å².